The molecule has 1 aromatic heterocycles. The van der Waals surface area contributed by atoms with Crippen LogP contribution in [0.25, 0.3) is 16.3 Å². The largest absolute Gasteiger partial charge is 0.286 e. The number of thiazole rings is 1. The molecule has 0 amide bonds. The van der Waals surface area contributed by atoms with E-state index in [1.807, 2.05) is 34.9 Å². The van der Waals surface area contributed by atoms with E-state index in [-0.39, 0.29) is 5.75 Å². The van der Waals surface area contributed by atoms with Crippen molar-refractivity contribution < 1.29 is 17.5 Å². The summed E-state index contributed by atoms with van der Waals surface area (Å²) in [5, 5.41) is 2.36. The van der Waals surface area contributed by atoms with E-state index in [4.69, 9.17) is 27.8 Å². The lowest BCUT2D eigenvalue weighted by Gasteiger charge is -2.15. The molecule has 0 radical (unpaired) electrons. The molecule has 27 heavy (non-hydrogen) atoms. The summed E-state index contributed by atoms with van der Waals surface area (Å²) >= 11 is 14.1. The van der Waals surface area contributed by atoms with Crippen molar-refractivity contribution in [2.45, 2.75) is 32.2 Å². The van der Waals surface area contributed by atoms with Crippen LogP contribution >= 0.6 is 34.5 Å². The molecular formula is C19H20Cl2NO3S2+. The van der Waals surface area contributed by atoms with E-state index in [0.29, 0.717) is 18.0 Å². The van der Waals surface area contributed by atoms with Crippen molar-refractivity contribution in [1.82, 2.24) is 0 Å². The van der Waals surface area contributed by atoms with Gasteiger partial charge in [0.1, 0.15) is 4.70 Å². The second kappa shape index (κ2) is 8.45. The van der Waals surface area contributed by atoms with Crippen molar-refractivity contribution in [3.05, 3.63) is 57.1 Å². The van der Waals surface area contributed by atoms with Gasteiger partial charge in [-0.25, -0.2) is 0 Å². The van der Waals surface area contributed by atoms with Gasteiger partial charge in [0.05, 0.1) is 5.75 Å². The summed E-state index contributed by atoms with van der Waals surface area (Å²) in [5.41, 5.74) is 3.01. The fourth-order valence-electron chi connectivity index (χ4n) is 3.11. The smallest absolute Gasteiger partial charge is 0.265 e. The number of rotatable bonds is 6. The zero-order valence-corrected chi connectivity index (χ0v) is 17.8. The van der Waals surface area contributed by atoms with Gasteiger partial charge in [0.15, 0.2) is 6.54 Å². The standard InChI is InChI=1S/C19H19Cl2NO3S2/c1-13-4-2-5-14(19(13)21)6-9-18-22(10-3-11-27(23,24)25)16-8-7-15(20)12-17(16)26-18/h6-9,12H,1-5,10-11H2/p+1/b9-6+. The van der Waals surface area contributed by atoms with Gasteiger partial charge >= 0.3 is 0 Å². The average molecular weight is 445 g/mol. The van der Waals surface area contributed by atoms with Crippen LogP contribution in [0.4, 0.5) is 0 Å². The van der Waals surface area contributed by atoms with Crippen LogP contribution in [0.3, 0.4) is 0 Å². The predicted octanol–water partition coefficient (Wildman–Crippen LogP) is 5.37. The van der Waals surface area contributed by atoms with Gasteiger partial charge in [-0.05, 0) is 42.5 Å². The van der Waals surface area contributed by atoms with Gasteiger partial charge in [-0.1, -0.05) is 47.2 Å². The van der Waals surface area contributed by atoms with Gasteiger partial charge in [0, 0.05) is 28.6 Å². The lowest BCUT2D eigenvalue weighted by Crippen LogP contribution is -2.36. The fourth-order valence-corrected chi connectivity index (χ4v) is 5.22. The molecule has 0 saturated carbocycles. The Balaban J connectivity index is 1.95. The second-order valence-corrected chi connectivity index (χ2v) is 9.92. The fraction of sp³-hybridized carbons (Fsp3) is 0.316. The van der Waals surface area contributed by atoms with E-state index in [1.54, 1.807) is 11.3 Å². The van der Waals surface area contributed by atoms with Crippen LogP contribution in [-0.4, -0.2) is 18.7 Å². The minimum atomic E-state index is -3.98. The zero-order valence-electron chi connectivity index (χ0n) is 14.6. The Bertz CT molecular complexity index is 1050. The van der Waals surface area contributed by atoms with Gasteiger partial charge in [0.2, 0.25) is 5.52 Å². The highest BCUT2D eigenvalue weighted by atomic mass is 35.5. The minimum absolute atomic E-state index is 0.273. The van der Waals surface area contributed by atoms with Crippen LogP contribution in [0.1, 0.15) is 30.7 Å². The van der Waals surface area contributed by atoms with Gasteiger partial charge < -0.3 is 0 Å². The number of halogens is 2. The molecule has 1 aromatic carbocycles. The molecular weight excluding hydrogens is 425 g/mol. The molecule has 1 aliphatic rings. The van der Waals surface area contributed by atoms with E-state index in [0.717, 1.165) is 50.7 Å². The maximum Gasteiger partial charge on any atom is 0.265 e. The number of fused-ring (bicyclic) bond motifs is 1. The van der Waals surface area contributed by atoms with E-state index in [1.165, 1.54) is 0 Å². The van der Waals surface area contributed by atoms with Gasteiger partial charge in [-0.3, -0.25) is 4.55 Å². The molecule has 0 atom stereocenters. The first kappa shape index (κ1) is 20.6. The summed E-state index contributed by atoms with van der Waals surface area (Å²) in [4.78, 5) is 0. The highest BCUT2D eigenvalue weighted by molar-refractivity contribution is 7.85. The van der Waals surface area contributed by atoms with E-state index in [9.17, 15) is 8.42 Å². The number of allylic oxidation sites excluding steroid dienone is 4. The summed E-state index contributed by atoms with van der Waals surface area (Å²) in [6.45, 7) is 4.48. The topological polar surface area (TPSA) is 58.2 Å². The molecule has 0 aliphatic heterocycles. The molecule has 4 nitrogen and oxygen atoms in total. The van der Waals surface area contributed by atoms with E-state index in [2.05, 4.69) is 6.58 Å². The number of hydrogen-bond acceptors (Lipinski definition) is 3. The minimum Gasteiger partial charge on any atom is -0.286 e. The van der Waals surface area contributed by atoms with Crippen LogP contribution in [0.5, 0.6) is 0 Å². The number of aromatic nitrogens is 1. The third-order valence-corrected chi connectivity index (χ3v) is 7.08. The van der Waals surface area contributed by atoms with Crippen LogP contribution in [0.2, 0.25) is 5.02 Å². The Morgan fingerprint density at radius 2 is 2.04 bits per heavy atom. The number of benzene rings is 1. The highest BCUT2D eigenvalue weighted by Gasteiger charge is 2.20. The Kier molecular flexibility index (Phi) is 6.43. The Morgan fingerprint density at radius 1 is 1.26 bits per heavy atom. The predicted molar refractivity (Wildman–Crippen MR) is 113 cm³/mol. The quantitative estimate of drug-likeness (QED) is 0.481. The van der Waals surface area contributed by atoms with Crippen molar-refractivity contribution in [1.29, 1.82) is 0 Å². The first-order valence-electron chi connectivity index (χ1n) is 8.56. The van der Waals surface area contributed by atoms with Crippen LogP contribution in [0, 0.1) is 0 Å². The summed E-state index contributed by atoms with van der Waals surface area (Å²) < 4.78 is 34.1. The van der Waals surface area contributed by atoms with Crippen molar-refractivity contribution in [2.75, 3.05) is 5.75 Å². The van der Waals surface area contributed by atoms with E-state index >= 15 is 0 Å². The van der Waals surface area contributed by atoms with Crippen molar-refractivity contribution in [2.24, 2.45) is 0 Å². The number of hydrogen-bond donors (Lipinski definition) is 1. The summed E-state index contributed by atoms with van der Waals surface area (Å²) in [7, 11) is -3.98. The van der Waals surface area contributed by atoms with Crippen molar-refractivity contribution in [3.8, 4) is 0 Å². The lowest BCUT2D eigenvalue weighted by molar-refractivity contribution is -0.668. The molecule has 0 fully saturated rings. The Labute approximate surface area is 173 Å². The molecule has 8 heteroatoms. The highest BCUT2D eigenvalue weighted by Crippen LogP contribution is 2.32. The first-order valence-corrected chi connectivity index (χ1v) is 11.7. The molecule has 0 bridgehead atoms. The van der Waals surface area contributed by atoms with E-state index < -0.39 is 10.1 Å². The Hall–Kier alpha value is -1.18. The molecule has 144 valence electrons. The molecule has 2 aromatic rings. The lowest BCUT2D eigenvalue weighted by atomic mass is 9.96. The molecule has 0 saturated heterocycles. The second-order valence-electron chi connectivity index (χ2n) is 6.47. The molecule has 1 heterocycles. The molecule has 1 N–H and O–H groups in total. The summed E-state index contributed by atoms with van der Waals surface area (Å²) in [6, 6.07) is 5.63. The average Bonchev–Trinajstić information content (AvgIpc) is 2.92. The maximum atomic E-state index is 11.0. The SMILES string of the molecule is C=C1CCCC(/C=C/c2sc3cc(Cl)ccc3[n+]2CCCS(=O)(=O)O)=C1Cl. The van der Waals surface area contributed by atoms with Gasteiger partial charge in [-0.2, -0.15) is 13.0 Å². The molecule has 1 aliphatic carbocycles. The van der Waals surface area contributed by atoms with Crippen LogP contribution in [-0.2, 0) is 16.7 Å². The normalized spacial score (nSPS) is 16.0. The van der Waals surface area contributed by atoms with Gasteiger partial charge in [-0.15, -0.1) is 0 Å². The zero-order chi connectivity index (χ0) is 19.6. The summed E-state index contributed by atoms with van der Waals surface area (Å²) in [5.74, 6) is -0.273. The van der Waals surface area contributed by atoms with Crippen molar-refractivity contribution in [3.63, 3.8) is 0 Å². The monoisotopic (exact) mass is 444 g/mol. The van der Waals surface area contributed by atoms with Crippen LogP contribution < -0.4 is 4.57 Å². The first-order chi connectivity index (χ1) is 12.7. The molecule has 0 unspecified atom stereocenters. The third kappa shape index (κ3) is 5.21. The summed E-state index contributed by atoms with van der Waals surface area (Å²) in [6.07, 6.45) is 7.20. The molecule has 0 spiro atoms. The number of nitrogens with zero attached hydrogens (tertiary/aromatic N) is 1. The molecule has 3 rings (SSSR count). The number of aryl methyl sites for hydroxylation is 1. The van der Waals surface area contributed by atoms with Crippen LogP contribution in [0.15, 0.2) is 47.0 Å². The van der Waals surface area contributed by atoms with Crippen molar-refractivity contribution >= 4 is 60.9 Å². The Morgan fingerprint density at radius 3 is 2.78 bits per heavy atom. The van der Waals surface area contributed by atoms with Gasteiger partial charge in [0.25, 0.3) is 15.1 Å². The third-order valence-electron chi connectivity index (χ3n) is 4.42. The maximum absolute atomic E-state index is 11.0.